The smallest absolute Gasteiger partial charge is 0.146 e. The highest BCUT2D eigenvalue weighted by Gasteiger charge is 2.08. The Kier molecular flexibility index (Phi) is 6.89. The van der Waals surface area contributed by atoms with Crippen LogP contribution in [0.15, 0.2) is 24.3 Å². The number of rotatable bonds is 5. The maximum absolute atomic E-state index is 5.78. The average molecular weight is 555 g/mol. The number of hydrogen-bond acceptors (Lipinski definition) is 2. The fourth-order valence-corrected chi connectivity index (χ4v) is 5.04. The molecule has 2 nitrogen and oxygen atoms in total. The lowest BCUT2D eigenvalue weighted by atomic mass is 10.3. The van der Waals surface area contributed by atoms with Crippen molar-refractivity contribution in [1.82, 2.24) is 5.32 Å². The van der Waals surface area contributed by atoms with Gasteiger partial charge in [0, 0.05) is 10.1 Å². The van der Waals surface area contributed by atoms with Crippen LogP contribution in [0.2, 0.25) is 0 Å². The molecule has 0 aromatic heterocycles. The lowest BCUT2D eigenvalue weighted by Gasteiger charge is -2.12. The molecule has 0 saturated carbocycles. The Balaban J connectivity index is 2.70. The zero-order valence-corrected chi connectivity index (χ0v) is 15.3. The summed E-state index contributed by atoms with van der Waals surface area (Å²) in [4.78, 5) is 0. The van der Waals surface area contributed by atoms with Crippen molar-refractivity contribution >= 4 is 67.8 Å². The molecule has 1 aromatic carbocycles. The van der Waals surface area contributed by atoms with E-state index in [0.29, 0.717) is 6.61 Å². The molecule has 0 aliphatic rings. The molecule has 0 unspecified atom stereocenters. The first-order valence-corrected chi connectivity index (χ1v) is 7.86. The summed E-state index contributed by atoms with van der Waals surface area (Å²) in [6, 6.07) is 4.22. The van der Waals surface area contributed by atoms with Crippen molar-refractivity contribution in [2.75, 3.05) is 20.2 Å². The monoisotopic (exact) mass is 555 g/mol. The molecular weight excluding hydrogens is 543 g/mol. The molecular formula is C11H12I3NO. The van der Waals surface area contributed by atoms with Crippen molar-refractivity contribution in [2.24, 2.45) is 0 Å². The predicted molar refractivity (Wildman–Crippen MR) is 93.2 cm³/mol. The SMILES string of the molecule is C=C(CNC)COc1c(I)cc(I)cc1I. The Morgan fingerprint density at radius 1 is 1.31 bits per heavy atom. The van der Waals surface area contributed by atoms with E-state index in [1.54, 1.807) is 0 Å². The summed E-state index contributed by atoms with van der Waals surface area (Å²) in [5.74, 6) is 0.957. The second-order valence-corrected chi connectivity index (χ2v) is 6.84. The fourth-order valence-electron chi connectivity index (χ4n) is 1.14. The molecule has 5 heteroatoms. The Morgan fingerprint density at radius 2 is 1.88 bits per heavy atom. The van der Waals surface area contributed by atoms with Gasteiger partial charge in [0.1, 0.15) is 12.4 Å². The molecule has 0 amide bonds. The third-order valence-electron chi connectivity index (χ3n) is 1.81. The van der Waals surface area contributed by atoms with Gasteiger partial charge in [0.25, 0.3) is 0 Å². The number of hydrogen-bond donors (Lipinski definition) is 1. The van der Waals surface area contributed by atoms with E-state index in [1.165, 1.54) is 3.57 Å². The van der Waals surface area contributed by atoms with E-state index in [4.69, 9.17) is 4.74 Å². The van der Waals surface area contributed by atoms with Gasteiger partial charge < -0.3 is 10.1 Å². The number of ether oxygens (including phenoxy) is 1. The fraction of sp³-hybridized carbons (Fsp3) is 0.273. The molecule has 1 N–H and O–H groups in total. The Hall–Kier alpha value is 0.910. The van der Waals surface area contributed by atoms with Gasteiger partial charge in [-0.3, -0.25) is 0 Å². The van der Waals surface area contributed by atoms with Gasteiger partial charge in [-0.2, -0.15) is 0 Å². The highest BCUT2D eigenvalue weighted by atomic mass is 127. The lowest BCUT2D eigenvalue weighted by Crippen LogP contribution is -2.15. The summed E-state index contributed by atoms with van der Waals surface area (Å²) in [5, 5.41) is 3.06. The molecule has 1 rings (SSSR count). The van der Waals surface area contributed by atoms with Gasteiger partial charge >= 0.3 is 0 Å². The normalized spacial score (nSPS) is 10.2. The van der Waals surface area contributed by atoms with E-state index in [0.717, 1.165) is 25.0 Å². The molecule has 0 bridgehead atoms. The summed E-state index contributed by atoms with van der Waals surface area (Å²) in [5.41, 5.74) is 1.05. The quantitative estimate of drug-likeness (QED) is 0.443. The van der Waals surface area contributed by atoms with Gasteiger partial charge in [0.2, 0.25) is 0 Å². The third kappa shape index (κ3) is 4.65. The number of halogens is 3. The molecule has 0 atom stereocenters. The maximum atomic E-state index is 5.78. The summed E-state index contributed by atoms with van der Waals surface area (Å²) < 4.78 is 9.30. The first-order chi connectivity index (χ1) is 7.54. The minimum atomic E-state index is 0.563. The van der Waals surface area contributed by atoms with Crippen LogP contribution in [0.3, 0.4) is 0 Å². The van der Waals surface area contributed by atoms with Gasteiger partial charge in [0.05, 0.1) is 7.14 Å². The van der Waals surface area contributed by atoms with Gasteiger partial charge in [-0.05, 0) is 92.5 Å². The molecule has 0 radical (unpaired) electrons. The number of likely N-dealkylation sites (N-methyl/N-ethyl adjacent to an activating group) is 1. The number of benzene rings is 1. The summed E-state index contributed by atoms with van der Waals surface area (Å²) in [7, 11) is 1.91. The molecule has 0 fully saturated rings. The summed E-state index contributed by atoms with van der Waals surface area (Å²) in [6.45, 7) is 5.29. The van der Waals surface area contributed by atoms with Crippen molar-refractivity contribution < 1.29 is 4.74 Å². The Morgan fingerprint density at radius 3 is 2.38 bits per heavy atom. The average Bonchev–Trinajstić information content (AvgIpc) is 2.16. The second-order valence-electron chi connectivity index (χ2n) is 3.27. The van der Waals surface area contributed by atoms with Gasteiger partial charge in [0.15, 0.2) is 0 Å². The summed E-state index contributed by atoms with van der Waals surface area (Å²) >= 11 is 6.91. The van der Waals surface area contributed by atoms with E-state index < -0.39 is 0 Å². The van der Waals surface area contributed by atoms with Crippen LogP contribution in [0.5, 0.6) is 5.75 Å². The van der Waals surface area contributed by atoms with Gasteiger partial charge in [-0.15, -0.1) is 0 Å². The molecule has 0 spiro atoms. The van der Waals surface area contributed by atoms with E-state index >= 15 is 0 Å². The van der Waals surface area contributed by atoms with E-state index in [1.807, 2.05) is 7.05 Å². The zero-order chi connectivity index (χ0) is 12.1. The van der Waals surface area contributed by atoms with Crippen LogP contribution in [-0.4, -0.2) is 20.2 Å². The first-order valence-electron chi connectivity index (χ1n) is 4.63. The highest BCUT2D eigenvalue weighted by molar-refractivity contribution is 14.1. The van der Waals surface area contributed by atoms with Crippen LogP contribution in [0.25, 0.3) is 0 Å². The van der Waals surface area contributed by atoms with E-state index in [9.17, 15) is 0 Å². The highest BCUT2D eigenvalue weighted by Crippen LogP contribution is 2.29. The molecule has 0 aliphatic heterocycles. The molecule has 88 valence electrons. The van der Waals surface area contributed by atoms with Crippen molar-refractivity contribution in [3.63, 3.8) is 0 Å². The molecule has 16 heavy (non-hydrogen) atoms. The molecule has 0 heterocycles. The summed E-state index contributed by atoms with van der Waals surface area (Å²) in [6.07, 6.45) is 0. The van der Waals surface area contributed by atoms with Gasteiger partial charge in [-0.25, -0.2) is 0 Å². The van der Waals surface area contributed by atoms with Crippen molar-refractivity contribution in [3.8, 4) is 5.75 Å². The van der Waals surface area contributed by atoms with Crippen molar-refractivity contribution in [1.29, 1.82) is 0 Å². The lowest BCUT2D eigenvalue weighted by molar-refractivity contribution is 0.344. The van der Waals surface area contributed by atoms with Crippen LogP contribution in [0, 0.1) is 10.7 Å². The minimum Gasteiger partial charge on any atom is -0.487 e. The van der Waals surface area contributed by atoms with Crippen LogP contribution in [0.4, 0.5) is 0 Å². The number of nitrogens with one attached hydrogen (secondary N) is 1. The second kappa shape index (κ2) is 7.37. The Bertz CT molecular complexity index is 370. The van der Waals surface area contributed by atoms with Crippen molar-refractivity contribution in [2.45, 2.75) is 0 Å². The third-order valence-corrected chi connectivity index (χ3v) is 4.04. The van der Waals surface area contributed by atoms with Gasteiger partial charge in [-0.1, -0.05) is 6.58 Å². The topological polar surface area (TPSA) is 21.3 Å². The van der Waals surface area contributed by atoms with Crippen LogP contribution in [-0.2, 0) is 0 Å². The van der Waals surface area contributed by atoms with E-state index in [-0.39, 0.29) is 0 Å². The van der Waals surface area contributed by atoms with Crippen LogP contribution in [0.1, 0.15) is 0 Å². The van der Waals surface area contributed by atoms with Crippen LogP contribution >= 0.6 is 67.8 Å². The predicted octanol–water partition coefficient (Wildman–Crippen LogP) is 3.65. The minimum absolute atomic E-state index is 0.563. The van der Waals surface area contributed by atoms with E-state index in [2.05, 4.69) is 91.8 Å². The molecule has 0 aliphatic carbocycles. The first kappa shape index (κ1) is 15.0. The van der Waals surface area contributed by atoms with Crippen molar-refractivity contribution in [3.05, 3.63) is 35.0 Å². The molecule has 1 aromatic rings. The maximum Gasteiger partial charge on any atom is 0.146 e. The largest absolute Gasteiger partial charge is 0.487 e. The Labute approximate surface area is 137 Å². The standard InChI is InChI=1S/C11H12I3NO/c1-7(5-15-2)6-16-11-9(13)3-8(12)4-10(11)14/h3-4,15H,1,5-6H2,2H3. The van der Waals surface area contributed by atoms with Crippen LogP contribution < -0.4 is 10.1 Å². The molecule has 0 saturated heterocycles. The zero-order valence-electron chi connectivity index (χ0n) is 8.82.